The number of carbonyl (C=O) groups excluding carboxylic acids is 2. The topological polar surface area (TPSA) is 84.1 Å². The number of aryl methyl sites for hydroxylation is 1. The molecule has 0 saturated carbocycles. The van der Waals surface area contributed by atoms with Gasteiger partial charge < -0.3 is 10.1 Å². The lowest BCUT2D eigenvalue weighted by Gasteiger charge is -2.14. The summed E-state index contributed by atoms with van der Waals surface area (Å²) in [4.78, 5) is 24.8. The van der Waals surface area contributed by atoms with Crippen LogP contribution in [0.2, 0.25) is 0 Å². The van der Waals surface area contributed by atoms with Crippen LogP contribution in [0.25, 0.3) is 11.3 Å². The molecule has 0 aliphatic heterocycles. The molecule has 2 N–H and O–H groups in total. The first-order valence-electron chi connectivity index (χ1n) is 8.22. The number of nitrogens with zero attached hydrogens (tertiary/aromatic N) is 1. The van der Waals surface area contributed by atoms with Gasteiger partial charge in [0, 0.05) is 11.3 Å². The van der Waals surface area contributed by atoms with Gasteiger partial charge in [0.05, 0.1) is 11.9 Å². The molecule has 1 amide bonds. The summed E-state index contributed by atoms with van der Waals surface area (Å²) in [5, 5.41) is 9.49. The van der Waals surface area contributed by atoms with E-state index in [1.165, 1.54) is 13.1 Å². The van der Waals surface area contributed by atoms with Gasteiger partial charge in [-0.15, -0.1) is 0 Å². The van der Waals surface area contributed by atoms with Gasteiger partial charge in [0.25, 0.3) is 5.91 Å². The molecule has 26 heavy (non-hydrogen) atoms. The van der Waals surface area contributed by atoms with Gasteiger partial charge in [-0.3, -0.25) is 9.89 Å². The maximum absolute atomic E-state index is 12.5. The zero-order chi connectivity index (χ0) is 18.5. The van der Waals surface area contributed by atoms with Crippen molar-refractivity contribution in [3.63, 3.8) is 0 Å². The van der Waals surface area contributed by atoms with Crippen LogP contribution in [0.3, 0.4) is 0 Å². The number of anilines is 1. The lowest BCUT2D eigenvalue weighted by molar-refractivity contribution is -0.123. The lowest BCUT2D eigenvalue weighted by atomic mass is 10.1. The molecule has 6 nitrogen and oxygen atoms in total. The van der Waals surface area contributed by atoms with Crippen LogP contribution in [-0.4, -0.2) is 28.2 Å². The minimum atomic E-state index is -0.944. The molecule has 2 aromatic carbocycles. The number of benzene rings is 2. The second-order valence-electron chi connectivity index (χ2n) is 5.88. The molecule has 3 aromatic rings. The number of amides is 1. The molecule has 0 aliphatic rings. The van der Waals surface area contributed by atoms with E-state index in [0.29, 0.717) is 11.4 Å². The van der Waals surface area contributed by atoms with Crippen molar-refractivity contribution in [2.75, 3.05) is 5.32 Å². The molecule has 1 aromatic heterocycles. The van der Waals surface area contributed by atoms with Gasteiger partial charge in [-0.25, -0.2) is 4.79 Å². The Balaban J connectivity index is 1.70. The Bertz CT molecular complexity index is 919. The zero-order valence-electron chi connectivity index (χ0n) is 14.5. The molecule has 1 atom stereocenters. The summed E-state index contributed by atoms with van der Waals surface area (Å²) in [5.41, 5.74) is 3.28. The molecule has 0 spiro atoms. The fourth-order valence-electron chi connectivity index (χ4n) is 2.49. The highest BCUT2D eigenvalue weighted by atomic mass is 16.5. The number of rotatable bonds is 5. The Labute approximate surface area is 151 Å². The van der Waals surface area contributed by atoms with Crippen LogP contribution >= 0.6 is 0 Å². The Morgan fingerprint density at radius 1 is 1.08 bits per heavy atom. The standard InChI is InChI=1S/C20H19N3O3/c1-13-8-6-7-11-17(13)22-19(24)14(2)26-20(25)16-12-21-23-18(16)15-9-4-3-5-10-15/h3-12,14H,1-2H3,(H,21,23)(H,22,24)/t14-/m1/s1. The summed E-state index contributed by atoms with van der Waals surface area (Å²) in [6.07, 6.45) is 0.456. The van der Waals surface area contributed by atoms with Crippen molar-refractivity contribution < 1.29 is 14.3 Å². The summed E-state index contributed by atoms with van der Waals surface area (Å²) >= 11 is 0. The second kappa shape index (κ2) is 7.65. The van der Waals surface area contributed by atoms with Crippen molar-refractivity contribution in [1.29, 1.82) is 0 Å². The normalized spacial score (nSPS) is 11.6. The first kappa shape index (κ1) is 17.4. The number of carbonyl (C=O) groups is 2. The molecule has 6 heteroatoms. The van der Waals surface area contributed by atoms with Crippen LogP contribution in [0.4, 0.5) is 5.69 Å². The van der Waals surface area contributed by atoms with Gasteiger partial charge >= 0.3 is 5.97 Å². The predicted octanol–water partition coefficient (Wildman–Crippen LogP) is 3.57. The van der Waals surface area contributed by atoms with Gasteiger partial charge in [0.15, 0.2) is 6.10 Å². The van der Waals surface area contributed by atoms with E-state index in [1.54, 1.807) is 6.07 Å². The van der Waals surface area contributed by atoms with E-state index in [4.69, 9.17) is 4.74 Å². The lowest BCUT2D eigenvalue weighted by Crippen LogP contribution is -2.30. The third-order valence-corrected chi connectivity index (χ3v) is 3.98. The summed E-state index contributed by atoms with van der Waals surface area (Å²) in [5.74, 6) is -0.998. The van der Waals surface area contributed by atoms with Crippen molar-refractivity contribution in [3.05, 3.63) is 71.9 Å². The van der Waals surface area contributed by atoms with Crippen LogP contribution in [0, 0.1) is 6.92 Å². The molecule has 0 bridgehead atoms. The summed E-state index contributed by atoms with van der Waals surface area (Å²) in [7, 11) is 0. The number of hydrogen-bond donors (Lipinski definition) is 2. The average molecular weight is 349 g/mol. The molecule has 0 radical (unpaired) electrons. The first-order chi connectivity index (χ1) is 12.6. The largest absolute Gasteiger partial charge is 0.449 e. The maximum atomic E-state index is 12.5. The van der Waals surface area contributed by atoms with E-state index >= 15 is 0 Å². The Morgan fingerprint density at radius 2 is 1.77 bits per heavy atom. The van der Waals surface area contributed by atoms with Crippen molar-refractivity contribution >= 4 is 17.6 Å². The number of aromatic nitrogens is 2. The summed E-state index contributed by atoms with van der Waals surface area (Å²) in [6, 6.07) is 16.7. The molecular weight excluding hydrogens is 330 g/mol. The molecule has 0 unspecified atom stereocenters. The Kier molecular flexibility index (Phi) is 5.12. The van der Waals surface area contributed by atoms with E-state index in [0.717, 1.165) is 11.1 Å². The first-order valence-corrected chi connectivity index (χ1v) is 8.22. The fraction of sp³-hybridized carbons (Fsp3) is 0.150. The quantitative estimate of drug-likeness (QED) is 0.690. The predicted molar refractivity (Wildman–Crippen MR) is 98.7 cm³/mol. The van der Waals surface area contributed by atoms with E-state index in [9.17, 15) is 9.59 Å². The molecule has 0 fully saturated rings. The fourth-order valence-corrected chi connectivity index (χ4v) is 2.49. The number of para-hydroxylation sites is 1. The van der Waals surface area contributed by atoms with Crippen molar-refractivity contribution in [3.8, 4) is 11.3 Å². The van der Waals surface area contributed by atoms with Crippen LogP contribution in [0.1, 0.15) is 22.8 Å². The van der Waals surface area contributed by atoms with E-state index in [2.05, 4.69) is 15.5 Å². The molecule has 0 saturated heterocycles. The molecule has 0 aliphatic carbocycles. The van der Waals surface area contributed by atoms with Crippen LogP contribution in [0.5, 0.6) is 0 Å². The van der Waals surface area contributed by atoms with Crippen molar-refractivity contribution in [2.45, 2.75) is 20.0 Å². The van der Waals surface area contributed by atoms with Gasteiger partial charge in [0.1, 0.15) is 5.56 Å². The maximum Gasteiger partial charge on any atom is 0.342 e. The SMILES string of the molecule is Cc1ccccc1NC(=O)[C@@H](C)OC(=O)c1cn[nH]c1-c1ccccc1. The highest BCUT2D eigenvalue weighted by molar-refractivity contribution is 6.00. The second-order valence-corrected chi connectivity index (χ2v) is 5.88. The third kappa shape index (κ3) is 3.80. The number of esters is 1. The number of hydrogen-bond acceptors (Lipinski definition) is 4. The van der Waals surface area contributed by atoms with E-state index < -0.39 is 18.0 Å². The molecule has 3 rings (SSSR count). The zero-order valence-corrected chi connectivity index (χ0v) is 14.5. The molecular formula is C20H19N3O3. The average Bonchev–Trinajstić information content (AvgIpc) is 3.14. The smallest absolute Gasteiger partial charge is 0.342 e. The Hall–Kier alpha value is -3.41. The van der Waals surface area contributed by atoms with Gasteiger partial charge in [-0.1, -0.05) is 48.5 Å². The van der Waals surface area contributed by atoms with Crippen LogP contribution in [-0.2, 0) is 9.53 Å². The van der Waals surface area contributed by atoms with Gasteiger partial charge in [-0.05, 0) is 25.5 Å². The minimum absolute atomic E-state index is 0.284. The highest BCUT2D eigenvalue weighted by Gasteiger charge is 2.23. The molecule has 132 valence electrons. The number of aromatic amines is 1. The number of H-pyrrole nitrogens is 1. The van der Waals surface area contributed by atoms with Crippen LogP contribution in [0.15, 0.2) is 60.8 Å². The molecule has 1 heterocycles. The van der Waals surface area contributed by atoms with Crippen LogP contribution < -0.4 is 5.32 Å². The summed E-state index contributed by atoms with van der Waals surface area (Å²) < 4.78 is 5.32. The van der Waals surface area contributed by atoms with Gasteiger partial charge in [-0.2, -0.15) is 5.10 Å². The summed E-state index contributed by atoms with van der Waals surface area (Å²) in [6.45, 7) is 3.43. The number of ether oxygens (including phenoxy) is 1. The van der Waals surface area contributed by atoms with E-state index in [-0.39, 0.29) is 5.56 Å². The Morgan fingerprint density at radius 3 is 2.50 bits per heavy atom. The van der Waals surface area contributed by atoms with Gasteiger partial charge in [0.2, 0.25) is 0 Å². The highest BCUT2D eigenvalue weighted by Crippen LogP contribution is 2.22. The number of nitrogens with one attached hydrogen (secondary N) is 2. The minimum Gasteiger partial charge on any atom is -0.449 e. The monoisotopic (exact) mass is 349 g/mol. The third-order valence-electron chi connectivity index (χ3n) is 3.98. The van der Waals surface area contributed by atoms with Crippen molar-refractivity contribution in [1.82, 2.24) is 10.2 Å². The van der Waals surface area contributed by atoms with Crippen molar-refractivity contribution in [2.24, 2.45) is 0 Å². The van der Waals surface area contributed by atoms with E-state index in [1.807, 2.05) is 55.5 Å².